The topological polar surface area (TPSA) is 56.5 Å². The van der Waals surface area contributed by atoms with Crippen LogP contribution in [0.2, 0.25) is 5.02 Å². The summed E-state index contributed by atoms with van der Waals surface area (Å²) in [5.74, 6) is -0.317. The van der Waals surface area contributed by atoms with Crippen LogP contribution in [0.4, 0.5) is 5.69 Å². The molecule has 0 saturated heterocycles. The van der Waals surface area contributed by atoms with E-state index >= 15 is 0 Å². The fourth-order valence-electron chi connectivity index (χ4n) is 4.47. The molecule has 1 aliphatic heterocycles. The molecule has 0 atom stereocenters. The maximum absolute atomic E-state index is 13.4. The number of aromatic nitrogens is 2. The van der Waals surface area contributed by atoms with Crippen molar-refractivity contribution in [1.29, 1.82) is 0 Å². The Hall–Kier alpha value is -3.25. The lowest BCUT2D eigenvalue weighted by molar-refractivity contribution is -0.144. The van der Waals surface area contributed by atoms with E-state index in [0.29, 0.717) is 23.7 Å². The van der Waals surface area contributed by atoms with Gasteiger partial charge in [0.2, 0.25) is 0 Å². The zero-order valence-corrected chi connectivity index (χ0v) is 18.9. The van der Waals surface area contributed by atoms with Crippen LogP contribution < -0.4 is 4.90 Å². The first-order valence-electron chi connectivity index (χ1n) is 10.8. The average Bonchev–Trinajstić information content (AvgIpc) is 3.42. The third-order valence-corrected chi connectivity index (χ3v) is 6.51. The van der Waals surface area contributed by atoms with Crippen LogP contribution in [0.25, 0.3) is 21.8 Å². The lowest BCUT2D eigenvalue weighted by Crippen LogP contribution is -2.23. The Labute approximate surface area is 190 Å². The molecule has 0 radical (unpaired) electrons. The minimum absolute atomic E-state index is 0.0601. The van der Waals surface area contributed by atoms with Crippen molar-refractivity contribution < 1.29 is 14.3 Å². The Bertz CT molecular complexity index is 1370. The molecule has 0 N–H and O–H groups in total. The Morgan fingerprint density at radius 3 is 2.81 bits per heavy atom. The van der Waals surface area contributed by atoms with Gasteiger partial charge >= 0.3 is 5.97 Å². The number of nitrogens with zero attached hydrogens (tertiary/aromatic N) is 3. The maximum atomic E-state index is 13.4. The quantitative estimate of drug-likeness (QED) is 0.297. The summed E-state index contributed by atoms with van der Waals surface area (Å²) in [5.41, 5.74) is 4.26. The Morgan fingerprint density at radius 1 is 1.16 bits per heavy atom. The number of halogens is 1. The molecule has 32 heavy (non-hydrogen) atoms. The molecule has 5 rings (SSSR count). The van der Waals surface area contributed by atoms with Crippen LogP contribution in [0, 0.1) is 0 Å². The molecule has 164 valence electrons. The van der Waals surface area contributed by atoms with Crippen molar-refractivity contribution in [2.45, 2.75) is 32.9 Å². The van der Waals surface area contributed by atoms with E-state index in [0.717, 1.165) is 46.0 Å². The first-order valence-corrected chi connectivity index (χ1v) is 11.2. The van der Waals surface area contributed by atoms with Crippen molar-refractivity contribution in [3.8, 4) is 0 Å². The number of fused-ring (bicyclic) bond motifs is 4. The second-order valence-electron chi connectivity index (χ2n) is 8.17. The molecule has 2 aromatic heterocycles. The fraction of sp³-hybridized carbons (Fsp3) is 0.280. The van der Waals surface area contributed by atoms with Crippen molar-refractivity contribution in [1.82, 2.24) is 9.13 Å². The lowest BCUT2D eigenvalue weighted by Gasteiger charge is -2.18. The second-order valence-corrected chi connectivity index (χ2v) is 8.57. The van der Waals surface area contributed by atoms with Crippen LogP contribution in [0.3, 0.4) is 0 Å². The maximum Gasteiger partial charge on any atom is 0.325 e. The van der Waals surface area contributed by atoms with E-state index in [-0.39, 0.29) is 18.4 Å². The SMILES string of the molecule is CCCCOC(=O)Cn1ccc2ccc(N3Cc4c(c5c(Cl)cccc5n4C)C3=O)cc21. The molecule has 0 fully saturated rings. The summed E-state index contributed by atoms with van der Waals surface area (Å²) in [7, 11) is 1.97. The molecule has 6 nitrogen and oxygen atoms in total. The van der Waals surface area contributed by atoms with Gasteiger partial charge in [0.15, 0.2) is 0 Å². The Morgan fingerprint density at radius 2 is 2.00 bits per heavy atom. The number of aryl methyl sites for hydroxylation is 1. The predicted molar refractivity (Wildman–Crippen MR) is 126 cm³/mol. The van der Waals surface area contributed by atoms with E-state index in [9.17, 15) is 9.59 Å². The van der Waals surface area contributed by atoms with Gasteiger partial charge in [0.1, 0.15) is 6.54 Å². The highest BCUT2D eigenvalue weighted by atomic mass is 35.5. The van der Waals surface area contributed by atoms with Gasteiger partial charge in [0.05, 0.1) is 40.5 Å². The van der Waals surface area contributed by atoms with Gasteiger partial charge in [-0.3, -0.25) is 9.59 Å². The summed E-state index contributed by atoms with van der Waals surface area (Å²) in [6.07, 6.45) is 3.72. The first-order chi connectivity index (χ1) is 15.5. The molecule has 1 amide bonds. The number of carbonyl (C=O) groups is 2. The molecule has 0 bridgehead atoms. The van der Waals surface area contributed by atoms with Gasteiger partial charge in [-0.25, -0.2) is 0 Å². The number of benzene rings is 2. The minimum Gasteiger partial charge on any atom is -0.464 e. The molecule has 0 saturated carbocycles. The molecule has 0 spiro atoms. The van der Waals surface area contributed by atoms with Gasteiger partial charge < -0.3 is 18.8 Å². The summed E-state index contributed by atoms with van der Waals surface area (Å²) in [5, 5.41) is 2.40. The number of hydrogen-bond acceptors (Lipinski definition) is 3. The molecule has 3 heterocycles. The molecular weight excluding hydrogens is 426 g/mol. The summed E-state index contributed by atoms with van der Waals surface area (Å²) >= 11 is 6.46. The van der Waals surface area contributed by atoms with E-state index in [4.69, 9.17) is 16.3 Å². The Kier molecular flexibility index (Phi) is 5.18. The van der Waals surface area contributed by atoms with Crippen LogP contribution in [-0.4, -0.2) is 27.6 Å². The third kappa shape index (κ3) is 3.26. The van der Waals surface area contributed by atoms with Gasteiger partial charge in [-0.05, 0) is 42.1 Å². The average molecular weight is 450 g/mol. The predicted octanol–water partition coefficient (Wildman–Crippen LogP) is 5.29. The number of rotatable bonds is 6. The standard InChI is InChI=1S/C25H24ClN3O3/c1-3-4-12-32-22(30)15-28-11-10-16-8-9-17(13-20(16)28)29-14-21-24(25(29)31)23-18(26)6-5-7-19(23)27(21)2/h5-11,13H,3-4,12,14-15H2,1-2H3. The highest BCUT2D eigenvalue weighted by Gasteiger charge is 2.35. The number of carbonyl (C=O) groups excluding carboxylic acids is 2. The smallest absolute Gasteiger partial charge is 0.325 e. The van der Waals surface area contributed by atoms with Crippen LogP contribution in [0.5, 0.6) is 0 Å². The molecule has 1 aliphatic rings. The monoisotopic (exact) mass is 449 g/mol. The largest absolute Gasteiger partial charge is 0.464 e. The van der Waals surface area contributed by atoms with Crippen LogP contribution in [0.15, 0.2) is 48.7 Å². The molecule has 4 aromatic rings. The summed E-state index contributed by atoms with van der Waals surface area (Å²) in [6, 6.07) is 13.5. The Balaban J connectivity index is 1.47. The molecule has 7 heteroatoms. The van der Waals surface area contributed by atoms with Gasteiger partial charge in [0.25, 0.3) is 5.91 Å². The van der Waals surface area contributed by atoms with Crippen molar-refractivity contribution in [3.63, 3.8) is 0 Å². The number of hydrogen-bond donors (Lipinski definition) is 0. The van der Waals surface area contributed by atoms with Crippen LogP contribution in [0.1, 0.15) is 35.8 Å². The second kappa shape index (κ2) is 8.02. The number of anilines is 1. The summed E-state index contributed by atoms with van der Waals surface area (Å²) < 4.78 is 9.22. The highest BCUT2D eigenvalue weighted by molar-refractivity contribution is 6.37. The molecule has 2 aromatic carbocycles. The fourth-order valence-corrected chi connectivity index (χ4v) is 4.73. The third-order valence-electron chi connectivity index (χ3n) is 6.19. The van der Waals surface area contributed by atoms with Crippen LogP contribution in [-0.2, 0) is 29.7 Å². The summed E-state index contributed by atoms with van der Waals surface area (Å²) in [4.78, 5) is 27.4. The van der Waals surface area contributed by atoms with Crippen LogP contribution >= 0.6 is 11.6 Å². The number of amides is 1. The van der Waals surface area contributed by atoms with Crippen molar-refractivity contribution >= 4 is 51.0 Å². The molecule has 0 aliphatic carbocycles. The van der Waals surface area contributed by atoms with Gasteiger partial charge in [0, 0.05) is 24.3 Å². The highest BCUT2D eigenvalue weighted by Crippen LogP contribution is 2.38. The van der Waals surface area contributed by atoms with E-state index in [2.05, 4.69) is 6.92 Å². The zero-order valence-electron chi connectivity index (χ0n) is 18.1. The van der Waals surface area contributed by atoms with Crippen molar-refractivity contribution in [2.24, 2.45) is 7.05 Å². The first kappa shape index (κ1) is 20.6. The lowest BCUT2D eigenvalue weighted by atomic mass is 10.1. The van der Waals surface area contributed by atoms with Gasteiger partial charge in [-0.1, -0.05) is 37.1 Å². The van der Waals surface area contributed by atoms with E-state index in [1.54, 1.807) is 4.90 Å². The normalized spacial score (nSPS) is 13.3. The molecular formula is C25H24ClN3O3. The number of unbranched alkanes of at least 4 members (excludes halogenated alkanes) is 1. The van der Waals surface area contributed by atoms with Crippen molar-refractivity contribution in [3.05, 3.63) is 64.9 Å². The van der Waals surface area contributed by atoms with Gasteiger partial charge in [-0.15, -0.1) is 0 Å². The van der Waals surface area contributed by atoms with Crippen molar-refractivity contribution in [2.75, 3.05) is 11.5 Å². The number of esters is 1. The zero-order chi connectivity index (χ0) is 22.4. The van der Waals surface area contributed by atoms with E-state index in [1.807, 2.05) is 64.8 Å². The van der Waals surface area contributed by atoms with E-state index < -0.39 is 0 Å². The minimum atomic E-state index is -0.257. The van der Waals surface area contributed by atoms with E-state index in [1.165, 1.54) is 0 Å². The summed E-state index contributed by atoms with van der Waals surface area (Å²) in [6.45, 7) is 3.12. The molecule has 0 unspecified atom stereocenters. The number of ether oxygens (including phenoxy) is 1. The van der Waals surface area contributed by atoms with Gasteiger partial charge in [-0.2, -0.15) is 0 Å².